The van der Waals surface area contributed by atoms with Crippen LogP contribution in [-0.4, -0.2) is 29.0 Å². The maximum Gasteiger partial charge on any atom is 0.251 e. The van der Waals surface area contributed by atoms with Gasteiger partial charge in [0.05, 0.1) is 5.69 Å². The van der Waals surface area contributed by atoms with Gasteiger partial charge in [-0.15, -0.1) is 0 Å². The molecule has 0 radical (unpaired) electrons. The van der Waals surface area contributed by atoms with E-state index in [4.69, 9.17) is 9.97 Å². The van der Waals surface area contributed by atoms with Crippen LogP contribution in [0.2, 0.25) is 0 Å². The fraction of sp³-hybridized carbons (Fsp3) is 0.389. The number of nitrogens with one attached hydrogen (secondary N) is 1. The number of benzene rings is 1. The lowest BCUT2D eigenvalue weighted by Crippen LogP contribution is -2.38. The molecule has 3 heterocycles. The molecule has 0 atom stereocenters. The third-order valence-corrected chi connectivity index (χ3v) is 5.13. The van der Waals surface area contributed by atoms with Gasteiger partial charge in [-0.2, -0.15) is 0 Å². The second-order valence-corrected chi connectivity index (χ2v) is 6.55. The summed E-state index contributed by atoms with van der Waals surface area (Å²) in [6.45, 7) is 2.73. The van der Waals surface area contributed by atoms with Crippen LogP contribution in [0, 0.1) is 0 Å². The number of hydrogen-bond acceptors (Lipinski definition) is 4. The molecule has 5 nitrogen and oxygen atoms in total. The summed E-state index contributed by atoms with van der Waals surface area (Å²) in [5.74, 6) is 0.882. The molecule has 1 aliphatic carbocycles. The molecule has 0 bridgehead atoms. The Hall–Kier alpha value is -2.43. The molecule has 2 aromatic rings. The topological polar surface area (TPSA) is 58.1 Å². The first-order chi connectivity index (χ1) is 11.3. The Morgan fingerprint density at radius 3 is 2.83 bits per heavy atom. The number of aryl methyl sites for hydroxylation is 1. The number of fused-ring (bicyclic) bond motifs is 2. The molecule has 23 heavy (non-hydrogen) atoms. The Balaban J connectivity index is 1.66. The lowest BCUT2D eigenvalue weighted by molar-refractivity contribution is 0.0966. The van der Waals surface area contributed by atoms with Crippen molar-refractivity contribution in [2.24, 2.45) is 0 Å². The smallest absolute Gasteiger partial charge is 0.251 e. The van der Waals surface area contributed by atoms with Gasteiger partial charge in [-0.25, -0.2) is 9.97 Å². The minimum absolute atomic E-state index is 0.0236. The summed E-state index contributed by atoms with van der Waals surface area (Å²) < 4.78 is 0. The fourth-order valence-electron chi connectivity index (χ4n) is 3.68. The second kappa shape index (κ2) is 4.78. The molecule has 5 rings (SSSR count). The van der Waals surface area contributed by atoms with E-state index in [-0.39, 0.29) is 5.91 Å². The average molecular weight is 306 g/mol. The number of carbonyl (C=O) groups excluding carboxylic acids is 1. The van der Waals surface area contributed by atoms with Crippen LogP contribution in [0.4, 0.5) is 5.95 Å². The first-order valence-electron chi connectivity index (χ1n) is 8.36. The number of rotatable bonds is 2. The lowest BCUT2D eigenvalue weighted by atomic mass is 10.0. The molecular formula is C18H18N4O. The maximum absolute atomic E-state index is 12.0. The van der Waals surface area contributed by atoms with Crippen molar-refractivity contribution in [3.05, 3.63) is 40.6 Å². The van der Waals surface area contributed by atoms with Gasteiger partial charge in [0.1, 0.15) is 0 Å². The van der Waals surface area contributed by atoms with Crippen LogP contribution in [0.5, 0.6) is 0 Å². The molecule has 1 N–H and O–H groups in total. The van der Waals surface area contributed by atoms with Crippen LogP contribution in [-0.2, 0) is 19.4 Å². The predicted octanol–water partition coefficient (Wildman–Crippen LogP) is 2.09. The fourth-order valence-corrected chi connectivity index (χ4v) is 3.68. The maximum atomic E-state index is 12.0. The minimum atomic E-state index is 0.0236. The number of anilines is 1. The zero-order valence-corrected chi connectivity index (χ0v) is 12.9. The van der Waals surface area contributed by atoms with E-state index >= 15 is 0 Å². The molecular weight excluding hydrogens is 288 g/mol. The predicted molar refractivity (Wildman–Crippen MR) is 87.5 cm³/mol. The zero-order valence-electron chi connectivity index (χ0n) is 12.9. The Labute approximate surface area is 134 Å². The standard InChI is InChI=1S/C18H18N4O/c23-17-14-9-11(5-6-12(14)10-19-17)16-13-3-1-4-15(13)20-18(21-16)22-7-2-8-22/h5-6,9H,1-4,7-8,10H2,(H,19,23). The summed E-state index contributed by atoms with van der Waals surface area (Å²) in [4.78, 5) is 23.9. The van der Waals surface area contributed by atoms with Gasteiger partial charge in [-0.1, -0.05) is 12.1 Å². The highest BCUT2D eigenvalue weighted by Gasteiger charge is 2.26. The van der Waals surface area contributed by atoms with E-state index in [1.807, 2.05) is 6.07 Å². The summed E-state index contributed by atoms with van der Waals surface area (Å²) in [6, 6.07) is 6.15. The number of nitrogens with zero attached hydrogens (tertiary/aromatic N) is 3. The Bertz CT molecular complexity index is 826. The van der Waals surface area contributed by atoms with Gasteiger partial charge in [0, 0.05) is 42.0 Å². The highest BCUT2D eigenvalue weighted by atomic mass is 16.1. The van der Waals surface area contributed by atoms with Gasteiger partial charge in [0.2, 0.25) is 5.95 Å². The molecule has 5 heteroatoms. The van der Waals surface area contributed by atoms with Crippen LogP contribution < -0.4 is 10.2 Å². The van der Waals surface area contributed by atoms with Crippen molar-refractivity contribution in [1.29, 1.82) is 0 Å². The molecule has 3 aliphatic rings. The largest absolute Gasteiger partial charge is 0.348 e. The highest BCUT2D eigenvalue weighted by Crippen LogP contribution is 2.34. The van der Waals surface area contributed by atoms with Crippen LogP contribution in [0.15, 0.2) is 18.2 Å². The van der Waals surface area contributed by atoms with Gasteiger partial charge in [0.15, 0.2) is 0 Å². The van der Waals surface area contributed by atoms with Crippen LogP contribution in [0.25, 0.3) is 11.3 Å². The zero-order chi connectivity index (χ0) is 15.4. The molecule has 0 unspecified atom stereocenters. The molecule has 1 aromatic heterocycles. The van der Waals surface area contributed by atoms with E-state index in [2.05, 4.69) is 22.3 Å². The monoisotopic (exact) mass is 306 g/mol. The van der Waals surface area contributed by atoms with Crippen molar-refractivity contribution in [1.82, 2.24) is 15.3 Å². The minimum Gasteiger partial charge on any atom is -0.348 e. The molecule has 116 valence electrons. The van der Waals surface area contributed by atoms with Crippen molar-refractivity contribution in [3.63, 3.8) is 0 Å². The first kappa shape index (κ1) is 13.0. The average Bonchev–Trinajstić information content (AvgIpc) is 3.11. The Kier molecular flexibility index (Phi) is 2.71. The number of amides is 1. The first-order valence-corrected chi connectivity index (χ1v) is 8.36. The lowest BCUT2D eigenvalue weighted by Gasteiger charge is -2.31. The van der Waals surface area contributed by atoms with Gasteiger partial charge >= 0.3 is 0 Å². The van der Waals surface area contributed by atoms with Crippen molar-refractivity contribution in [3.8, 4) is 11.3 Å². The summed E-state index contributed by atoms with van der Waals surface area (Å²) in [5.41, 5.74) is 6.40. The molecule has 1 amide bonds. The van der Waals surface area contributed by atoms with Crippen LogP contribution in [0.1, 0.15) is 40.0 Å². The SMILES string of the molecule is O=C1NCc2ccc(-c3nc(N4CCC4)nc4c3CCC4)cc21. The van der Waals surface area contributed by atoms with Crippen LogP contribution in [0.3, 0.4) is 0 Å². The van der Waals surface area contributed by atoms with Crippen molar-refractivity contribution >= 4 is 11.9 Å². The van der Waals surface area contributed by atoms with E-state index < -0.39 is 0 Å². The second-order valence-electron chi connectivity index (χ2n) is 6.55. The molecule has 1 fully saturated rings. The van der Waals surface area contributed by atoms with Crippen molar-refractivity contribution in [2.45, 2.75) is 32.2 Å². The van der Waals surface area contributed by atoms with Gasteiger partial charge in [-0.3, -0.25) is 4.79 Å². The summed E-state index contributed by atoms with van der Waals surface area (Å²) >= 11 is 0. The van der Waals surface area contributed by atoms with E-state index in [1.165, 1.54) is 17.7 Å². The van der Waals surface area contributed by atoms with Crippen molar-refractivity contribution in [2.75, 3.05) is 18.0 Å². The normalized spacial score (nSPS) is 18.4. The Morgan fingerprint density at radius 1 is 1.09 bits per heavy atom. The van der Waals surface area contributed by atoms with Crippen LogP contribution >= 0.6 is 0 Å². The van der Waals surface area contributed by atoms with E-state index in [0.717, 1.165) is 60.7 Å². The van der Waals surface area contributed by atoms with Gasteiger partial charge in [0.25, 0.3) is 5.91 Å². The third-order valence-electron chi connectivity index (χ3n) is 5.13. The molecule has 0 saturated carbocycles. The summed E-state index contributed by atoms with van der Waals surface area (Å²) in [5, 5.41) is 2.88. The number of aromatic nitrogens is 2. The quantitative estimate of drug-likeness (QED) is 0.923. The molecule has 0 spiro atoms. The van der Waals surface area contributed by atoms with E-state index in [9.17, 15) is 4.79 Å². The van der Waals surface area contributed by atoms with E-state index in [0.29, 0.717) is 6.54 Å². The highest BCUT2D eigenvalue weighted by molar-refractivity contribution is 5.99. The summed E-state index contributed by atoms with van der Waals surface area (Å²) in [7, 11) is 0. The van der Waals surface area contributed by atoms with E-state index in [1.54, 1.807) is 0 Å². The molecule has 1 saturated heterocycles. The van der Waals surface area contributed by atoms with Gasteiger partial charge in [-0.05, 0) is 37.3 Å². The molecule has 1 aromatic carbocycles. The number of carbonyl (C=O) groups is 1. The van der Waals surface area contributed by atoms with Gasteiger partial charge < -0.3 is 10.2 Å². The number of hydrogen-bond donors (Lipinski definition) is 1. The third kappa shape index (κ3) is 1.96. The molecule has 2 aliphatic heterocycles. The summed E-state index contributed by atoms with van der Waals surface area (Å²) in [6.07, 6.45) is 4.44. The van der Waals surface area contributed by atoms with Crippen molar-refractivity contribution < 1.29 is 4.79 Å². The Morgan fingerprint density at radius 2 is 2.00 bits per heavy atom.